The maximum atomic E-state index is 13.5. The third kappa shape index (κ3) is 4.51. The van der Waals surface area contributed by atoms with Crippen molar-refractivity contribution in [3.63, 3.8) is 0 Å². The lowest BCUT2D eigenvalue weighted by atomic mass is 9.93. The zero-order valence-electron chi connectivity index (χ0n) is 20.4. The van der Waals surface area contributed by atoms with Crippen molar-refractivity contribution in [1.82, 2.24) is 9.78 Å². The summed E-state index contributed by atoms with van der Waals surface area (Å²) in [5, 5.41) is 13.8. The second kappa shape index (κ2) is 9.54. The molecule has 4 aromatic rings. The summed E-state index contributed by atoms with van der Waals surface area (Å²) in [6.07, 6.45) is 1.54. The molecule has 0 radical (unpaired) electrons. The van der Waals surface area contributed by atoms with Crippen LogP contribution >= 0.6 is 0 Å². The van der Waals surface area contributed by atoms with E-state index in [1.54, 1.807) is 10.9 Å². The maximum Gasteiger partial charge on any atom is 0.261 e. The van der Waals surface area contributed by atoms with E-state index in [1.165, 1.54) is 0 Å². The maximum absolute atomic E-state index is 13.5. The third-order valence-electron chi connectivity index (χ3n) is 6.18. The van der Waals surface area contributed by atoms with E-state index in [1.807, 2.05) is 99.6 Å². The van der Waals surface area contributed by atoms with Crippen molar-refractivity contribution in [3.8, 4) is 0 Å². The molecule has 3 N–H and O–H groups in total. The third-order valence-corrected chi connectivity index (χ3v) is 6.18. The van der Waals surface area contributed by atoms with Gasteiger partial charge in [0.1, 0.15) is 17.4 Å². The predicted molar refractivity (Wildman–Crippen MR) is 142 cm³/mol. The van der Waals surface area contributed by atoms with Crippen molar-refractivity contribution in [2.75, 3.05) is 16.0 Å². The summed E-state index contributed by atoms with van der Waals surface area (Å²) in [7, 11) is 0. The first-order valence-corrected chi connectivity index (χ1v) is 11.8. The van der Waals surface area contributed by atoms with Gasteiger partial charge in [-0.15, -0.1) is 0 Å². The number of carbonyl (C=O) groups is 2. The summed E-state index contributed by atoms with van der Waals surface area (Å²) in [5.41, 5.74) is 6.03. The van der Waals surface area contributed by atoms with Crippen LogP contribution < -0.4 is 16.0 Å². The number of amides is 2. The Labute approximate surface area is 209 Å². The molecule has 5 rings (SSSR count). The Morgan fingerprint density at radius 1 is 0.806 bits per heavy atom. The first kappa shape index (κ1) is 23.1. The number of para-hydroxylation sites is 1. The van der Waals surface area contributed by atoms with Crippen LogP contribution in [0, 0.1) is 13.8 Å². The van der Waals surface area contributed by atoms with Crippen molar-refractivity contribution in [3.05, 3.63) is 119 Å². The number of carbonyl (C=O) groups excluding carboxylic acids is 2. The highest BCUT2D eigenvalue weighted by molar-refractivity contribution is 6.09. The lowest BCUT2D eigenvalue weighted by Gasteiger charge is -2.30. The minimum atomic E-state index is -0.509. The van der Waals surface area contributed by atoms with Gasteiger partial charge in [0.15, 0.2) is 0 Å². The molecule has 2 heterocycles. The van der Waals surface area contributed by atoms with Crippen molar-refractivity contribution in [2.24, 2.45) is 0 Å². The molecule has 0 saturated carbocycles. The Kier molecular flexibility index (Phi) is 6.12. The molecule has 1 aliphatic rings. The second-order valence-electron chi connectivity index (χ2n) is 8.98. The van der Waals surface area contributed by atoms with E-state index in [2.05, 4.69) is 21.0 Å². The first-order valence-electron chi connectivity index (χ1n) is 11.8. The summed E-state index contributed by atoms with van der Waals surface area (Å²) in [4.78, 5) is 26.8. The molecule has 180 valence electrons. The highest BCUT2D eigenvalue weighted by Crippen LogP contribution is 2.38. The smallest absolute Gasteiger partial charge is 0.261 e. The fourth-order valence-corrected chi connectivity index (χ4v) is 4.50. The molecule has 0 saturated heterocycles. The van der Waals surface area contributed by atoms with E-state index in [4.69, 9.17) is 0 Å². The average Bonchev–Trinajstić information content (AvgIpc) is 3.27. The summed E-state index contributed by atoms with van der Waals surface area (Å²) in [5.74, 6) is 0.0346. The molecule has 3 aromatic carbocycles. The number of benzene rings is 3. The van der Waals surface area contributed by atoms with Crippen LogP contribution in [0.5, 0.6) is 0 Å². The lowest BCUT2D eigenvalue weighted by molar-refractivity contribution is -0.113. The number of hydrogen-bond acceptors (Lipinski definition) is 4. The van der Waals surface area contributed by atoms with Crippen LogP contribution in [0.25, 0.3) is 0 Å². The number of nitrogens with one attached hydrogen (secondary N) is 3. The van der Waals surface area contributed by atoms with Crippen molar-refractivity contribution in [1.29, 1.82) is 0 Å². The molecule has 0 spiro atoms. The van der Waals surface area contributed by atoms with Crippen molar-refractivity contribution < 1.29 is 9.59 Å². The minimum Gasteiger partial charge on any atom is -0.343 e. The summed E-state index contributed by atoms with van der Waals surface area (Å²) in [6, 6.07) is 24.4. The van der Waals surface area contributed by atoms with E-state index in [-0.39, 0.29) is 11.8 Å². The minimum absolute atomic E-state index is 0.232. The van der Waals surface area contributed by atoms with Gasteiger partial charge in [0.25, 0.3) is 11.8 Å². The molecular formula is C29H27N5O2. The summed E-state index contributed by atoms with van der Waals surface area (Å²) in [6.45, 7) is 5.83. The normalized spacial score (nSPS) is 14.6. The molecule has 0 fully saturated rings. The van der Waals surface area contributed by atoms with Gasteiger partial charge in [0.2, 0.25) is 0 Å². The molecule has 36 heavy (non-hydrogen) atoms. The molecule has 1 aromatic heterocycles. The second-order valence-corrected chi connectivity index (χ2v) is 8.98. The molecule has 1 atom stereocenters. The van der Waals surface area contributed by atoms with Gasteiger partial charge in [-0.05, 0) is 56.2 Å². The van der Waals surface area contributed by atoms with Crippen LogP contribution in [-0.4, -0.2) is 21.6 Å². The summed E-state index contributed by atoms with van der Waals surface area (Å²) >= 11 is 0. The fourth-order valence-electron chi connectivity index (χ4n) is 4.50. The monoisotopic (exact) mass is 477 g/mol. The van der Waals surface area contributed by atoms with Crippen molar-refractivity contribution in [2.45, 2.75) is 26.8 Å². The molecule has 0 bridgehead atoms. The highest BCUT2D eigenvalue weighted by Gasteiger charge is 2.35. The number of rotatable bonds is 5. The fraction of sp³-hybridized carbons (Fsp3) is 0.138. The number of hydrogen-bond donors (Lipinski definition) is 3. The molecule has 7 heteroatoms. The van der Waals surface area contributed by atoms with E-state index in [9.17, 15) is 9.59 Å². The van der Waals surface area contributed by atoms with E-state index in [0.717, 1.165) is 16.7 Å². The quantitative estimate of drug-likeness (QED) is 0.345. The van der Waals surface area contributed by atoms with E-state index >= 15 is 0 Å². The van der Waals surface area contributed by atoms with E-state index < -0.39 is 6.04 Å². The molecule has 2 amide bonds. The Hall–Kier alpha value is -4.65. The number of fused-ring (bicyclic) bond motifs is 1. The highest BCUT2D eigenvalue weighted by atomic mass is 16.2. The van der Waals surface area contributed by atoms with Gasteiger partial charge >= 0.3 is 0 Å². The Balaban J connectivity index is 1.55. The van der Waals surface area contributed by atoms with Crippen LogP contribution in [0.4, 0.5) is 17.2 Å². The summed E-state index contributed by atoms with van der Waals surface area (Å²) < 4.78 is 1.72. The van der Waals surface area contributed by atoms with Crippen LogP contribution in [0.15, 0.2) is 96.3 Å². The van der Waals surface area contributed by atoms with Gasteiger partial charge in [-0.3, -0.25) is 9.59 Å². The Morgan fingerprint density at radius 3 is 2.19 bits per heavy atom. The van der Waals surface area contributed by atoms with Gasteiger partial charge in [0.05, 0.1) is 11.8 Å². The van der Waals surface area contributed by atoms with E-state index in [0.29, 0.717) is 34.0 Å². The number of aryl methyl sites for hydroxylation is 2. The largest absolute Gasteiger partial charge is 0.343 e. The molecule has 0 aliphatic carbocycles. The van der Waals surface area contributed by atoms with Gasteiger partial charge in [0, 0.05) is 17.1 Å². The zero-order chi connectivity index (χ0) is 25.2. The topological polar surface area (TPSA) is 88.0 Å². The van der Waals surface area contributed by atoms with Gasteiger partial charge in [-0.25, -0.2) is 4.68 Å². The number of allylic oxidation sites excluding steroid dienone is 1. The zero-order valence-corrected chi connectivity index (χ0v) is 20.4. The molecule has 1 aliphatic heterocycles. The van der Waals surface area contributed by atoms with Crippen LogP contribution in [0.1, 0.15) is 40.0 Å². The molecule has 0 unspecified atom stereocenters. The standard InChI is InChI=1S/C29H27N5O2/c1-18-9-7-11-21(15-18)26-25(29(36)32-22-12-5-4-6-13-22)20(3)31-27-24(17-30-34(26)27)28(35)33-23-14-8-10-19(2)16-23/h4-17,26,31H,1-3H3,(H,32,36)(H,33,35)/t26-/m0/s1. The van der Waals surface area contributed by atoms with Gasteiger partial charge in [-0.2, -0.15) is 5.10 Å². The average molecular weight is 478 g/mol. The van der Waals surface area contributed by atoms with Crippen LogP contribution in [0.2, 0.25) is 0 Å². The number of nitrogens with zero attached hydrogens (tertiary/aromatic N) is 2. The Morgan fingerprint density at radius 2 is 1.47 bits per heavy atom. The number of aromatic nitrogens is 2. The van der Waals surface area contributed by atoms with Gasteiger partial charge < -0.3 is 16.0 Å². The van der Waals surface area contributed by atoms with Gasteiger partial charge in [-0.1, -0.05) is 60.2 Å². The Bertz CT molecular complexity index is 1490. The molecule has 7 nitrogen and oxygen atoms in total. The lowest BCUT2D eigenvalue weighted by Crippen LogP contribution is -2.32. The molecular weight excluding hydrogens is 450 g/mol. The first-order chi connectivity index (χ1) is 17.4. The van der Waals surface area contributed by atoms with Crippen molar-refractivity contribution >= 4 is 29.0 Å². The SMILES string of the molecule is CC1=C(C(=O)Nc2ccccc2)[C@H](c2cccc(C)c2)n2ncc(C(=O)Nc3cccc(C)c3)c2N1. The van der Waals surface area contributed by atoms with Crippen LogP contribution in [0.3, 0.4) is 0 Å². The number of anilines is 3. The predicted octanol–water partition coefficient (Wildman–Crippen LogP) is 5.68. The van der Waals surface area contributed by atoms with Crippen LogP contribution in [-0.2, 0) is 4.79 Å².